The van der Waals surface area contributed by atoms with Crippen molar-refractivity contribution in [3.63, 3.8) is 0 Å². The van der Waals surface area contributed by atoms with Gasteiger partial charge in [-0.1, -0.05) is 5.10 Å². The van der Waals surface area contributed by atoms with Crippen molar-refractivity contribution in [2.75, 3.05) is 44.3 Å². The molecule has 0 aliphatic carbocycles. The second kappa shape index (κ2) is 8.58. The molecule has 3 saturated heterocycles. The number of aromatic nitrogens is 2. The number of anilines is 1. The summed E-state index contributed by atoms with van der Waals surface area (Å²) in [4.78, 5) is 4.57. The highest BCUT2D eigenvalue weighted by atomic mass is 19.1. The molecule has 9 heteroatoms. The van der Waals surface area contributed by atoms with Crippen molar-refractivity contribution in [3.05, 3.63) is 36.0 Å². The van der Waals surface area contributed by atoms with Gasteiger partial charge < -0.3 is 18.8 Å². The molecule has 5 rings (SSSR count). The maximum absolute atomic E-state index is 14.1. The fourth-order valence-electron chi connectivity index (χ4n) is 5.20. The van der Waals surface area contributed by atoms with Gasteiger partial charge in [-0.3, -0.25) is 4.90 Å². The molecule has 176 valence electrons. The summed E-state index contributed by atoms with van der Waals surface area (Å²) < 4.78 is 31.6. The van der Waals surface area contributed by atoms with Crippen molar-refractivity contribution in [3.8, 4) is 11.8 Å². The standard InChI is InChI=1S/C24H30FN5O3/c1-23(2,12-26)15-31-21-4-3-18(25)9-20(21)17-5-7-29(8-6-17)19-10-24(33-11-19)13-30(14-24)22-28-27-16-32-22/h3-4,9,16-17,19H,5-8,10-11,13-15H2,1-2H3. The number of piperidine rings is 1. The lowest BCUT2D eigenvalue weighted by Gasteiger charge is -2.46. The molecule has 1 spiro atoms. The van der Waals surface area contributed by atoms with Crippen LogP contribution in [0.5, 0.6) is 5.75 Å². The van der Waals surface area contributed by atoms with Crippen LogP contribution in [0.2, 0.25) is 0 Å². The molecular formula is C24H30FN5O3. The average molecular weight is 456 g/mol. The number of nitrogens with zero attached hydrogens (tertiary/aromatic N) is 5. The highest BCUT2D eigenvalue weighted by Gasteiger charge is 2.52. The molecular weight excluding hydrogens is 425 g/mol. The molecule has 1 atom stereocenters. The highest BCUT2D eigenvalue weighted by Crippen LogP contribution is 2.41. The molecule has 3 aliphatic rings. The summed E-state index contributed by atoms with van der Waals surface area (Å²) in [6.45, 7) is 8.16. The first-order valence-corrected chi connectivity index (χ1v) is 11.6. The lowest BCUT2D eigenvalue weighted by atomic mass is 9.86. The Morgan fingerprint density at radius 2 is 2.09 bits per heavy atom. The number of likely N-dealkylation sites (tertiary alicyclic amines) is 1. The Morgan fingerprint density at radius 3 is 2.79 bits per heavy atom. The zero-order chi connectivity index (χ0) is 23.1. The molecule has 1 aromatic carbocycles. The minimum absolute atomic E-state index is 0.118. The Morgan fingerprint density at radius 1 is 1.30 bits per heavy atom. The Kier molecular flexibility index (Phi) is 5.75. The third-order valence-electron chi connectivity index (χ3n) is 7.12. The van der Waals surface area contributed by atoms with E-state index in [-0.39, 0.29) is 23.9 Å². The summed E-state index contributed by atoms with van der Waals surface area (Å²) in [6.07, 6.45) is 4.24. The Bertz CT molecular complexity index is 1010. The Balaban J connectivity index is 1.17. The van der Waals surface area contributed by atoms with Gasteiger partial charge in [0.2, 0.25) is 6.39 Å². The van der Waals surface area contributed by atoms with Gasteiger partial charge in [0.1, 0.15) is 23.8 Å². The summed E-state index contributed by atoms with van der Waals surface area (Å²) in [7, 11) is 0. The number of hydrogen-bond acceptors (Lipinski definition) is 8. The molecule has 3 fully saturated rings. The molecule has 0 bridgehead atoms. The average Bonchev–Trinajstić information content (AvgIpc) is 3.48. The number of nitriles is 1. The fourth-order valence-corrected chi connectivity index (χ4v) is 5.20. The van der Waals surface area contributed by atoms with Crippen LogP contribution in [0.25, 0.3) is 0 Å². The largest absolute Gasteiger partial charge is 0.492 e. The second-order valence-corrected chi connectivity index (χ2v) is 10.2. The molecule has 33 heavy (non-hydrogen) atoms. The van der Waals surface area contributed by atoms with Crippen LogP contribution >= 0.6 is 0 Å². The van der Waals surface area contributed by atoms with Crippen LogP contribution in [0.15, 0.2) is 29.0 Å². The molecule has 0 N–H and O–H groups in total. The smallest absolute Gasteiger partial charge is 0.318 e. The molecule has 1 aromatic heterocycles. The number of ether oxygens (including phenoxy) is 2. The summed E-state index contributed by atoms with van der Waals surface area (Å²) in [5.74, 6) is 0.684. The predicted molar refractivity (Wildman–Crippen MR) is 118 cm³/mol. The Hall–Kier alpha value is -2.70. The lowest BCUT2D eigenvalue weighted by Crippen LogP contribution is -2.62. The first kappa shape index (κ1) is 22.1. The van der Waals surface area contributed by atoms with Gasteiger partial charge in [-0.15, -0.1) is 5.10 Å². The lowest BCUT2D eigenvalue weighted by molar-refractivity contribution is -0.0216. The fraction of sp³-hybridized carbons (Fsp3) is 0.625. The first-order chi connectivity index (χ1) is 15.9. The van der Waals surface area contributed by atoms with Gasteiger partial charge in [-0.25, -0.2) is 4.39 Å². The van der Waals surface area contributed by atoms with E-state index in [1.54, 1.807) is 12.1 Å². The van der Waals surface area contributed by atoms with E-state index < -0.39 is 5.41 Å². The number of hydrogen-bond donors (Lipinski definition) is 0. The van der Waals surface area contributed by atoms with Crippen LogP contribution < -0.4 is 9.64 Å². The summed E-state index contributed by atoms with van der Waals surface area (Å²) >= 11 is 0. The van der Waals surface area contributed by atoms with E-state index in [1.165, 1.54) is 12.5 Å². The zero-order valence-electron chi connectivity index (χ0n) is 19.2. The molecule has 0 amide bonds. The molecule has 4 heterocycles. The van der Waals surface area contributed by atoms with Crippen LogP contribution in [0.3, 0.4) is 0 Å². The minimum Gasteiger partial charge on any atom is -0.492 e. The second-order valence-electron chi connectivity index (χ2n) is 10.2. The highest BCUT2D eigenvalue weighted by molar-refractivity contribution is 5.38. The SMILES string of the molecule is CC(C)(C#N)COc1ccc(F)cc1C1CCN(C2COC3(C2)CN(c2nnco2)C3)CC1. The van der Waals surface area contributed by atoms with Crippen molar-refractivity contribution in [2.45, 2.75) is 50.7 Å². The van der Waals surface area contributed by atoms with Gasteiger partial charge in [0, 0.05) is 11.6 Å². The third kappa shape index (κ3) is 4.55. The van der Waals surface area contributed by atoms with E-state index in [2.05, 4.69) is 26.1 Å². The summed E-state index contributed by atoms with van der Waals surface area (Å²) in [6, 6.07) is 7.94. The van der Waals surface area contributed by atoms with Crippen LogP contribution in [0, 0.1) is 22.6 Å². The van der Waals surface area contributed by atoms with Crippen molar-refractivity contribution >= 4 is 6.01 Å². The Labute approximate surface area is 193 Å². The van der Waals surface area contributed by atoms with E-state index in [9.17, 15) is 9.65 Å². The normalized spacial score (nSPS) is 23.5. The van der Waals surface area contributed by atoms with E-state index in [1.807, 2.05) is 13.8 Å². The monoisotopic (exact) mass is 455 g/mol. The van der Waals surface area contributed by atoms with Gasteiger partial charge in [0.05, 0.1) is 31.2 Å². The van der Waals surface area contributed by atoms with Gasteiger partial charge in [-0.2, -0.15) is 5.26 Å². The zero-order valence-corrected chi connectivity index (χ0v) is 19.2. The van der Waals surface area contributed by atoms with Crippen molar-refractivity contribution < 1.29 is 18.3 Å². The predicted octanol–water partition coefficient (Wildman–Crippen LogP) is 3.36. The van der Waals surface area contributed by atoms with Crippen LogP contribution in [0.1, 0.15) is 44.6 Å². The molecule has 8 nitrogen and oxygen atoms in total. The number of rotatable bonds is 6. The summed E-state index contributed by atoms with van der Waals surface area (Å²) in [5, 5.41) is 17.0. The summed E-state index contributed by atoms with van der Waals surface area (Å²) in [5.41, 5.74) is 0.206. The topological polar surface area (TPSA) is 87.6 Å². The van der Waals surface area contributed by atoms with Crippen LogP contribution in [0.4, 0.5) is 10.4 Å². The van der Waals surface area contributed by atoms with Crippen LogP contribution in [-0.4, -0.2) is 66.1 Å². The maximum Gasteiger partial charge on any atom is 0.318 e. The van der Waals surface area contributed by atoms with Gasteiger partial charge >= 0.3 is 6.01 Å². The molecule has 3 aliphatic heterocycles. The minimum atomic E-state index is -0.589. The third-order valence-corrected chi connectivity index (χ3v) is 7.12. The van der Waals surface area contributed by atoms with Crippen molar-refractivity contribution in [1.29, 1.82) is 5.26 Å². The van der Waals surface area contributed by atoms with E-state index in [0.29, 0.717) is 17.8 Å². The molecule has 1 unspecified atom stereocenters. The molecule has 0 radical (unpaired) electrons. The molecule has 0 saturated carbocycles. The van der Waals surface area contributed by atoms with E-state index in [4.69, 9.17) is 13.9 Å². The maximum atomic E-state index is 14.1. The number of benzene rings is 1. The van der Waals surface area contributed by atoms with Gasteiger partial charge in [0.15, 0.2) is 0 Å². The number of halogens is 1. The quantitative estimate of drug-likeness (QED) is 0.655. The first-order valence-electron chi connectivity index (χ1n) is 11.6. The van der Waals surface area contributed by atoms with E-state index >= 15 is 0 Å². The van der Waals surface area contributed by atoms with Crippen molar-refractivity contribution in [1.82, 2.24) is 15.1 Å². The van der Waals surface area contributed by atoms with Crippen LogP contribution in [-0.2, 0) is 4.74 Å². The van der Waals surface area contributed by atoms with Crippen molar-refractivity contribution in [2.24, 2.45) is 5.41 Å². The van der Waals surface area contributed by atoms with E-state index in [0.717, 1.165) is 57.6 Å². The molecule has 2 aromatic rings. The van der Waals surface area contributed by atoms with Gasteiger partial charge in [-0.05, 0) is 70.3 Å². The van der Waals surface area contributed by atoms with Gasteiger partial charge in [0.25, 0.3) is 0 Å².